The zero-order valence-electron chi connectivity index (χ0n) is 15.3. The van der Waals surface area contributed by atoms with Gasteiger partial charge in [-0.1, -0.05) is 29.3 Å². The van der Waals surface area contributed by atoms with E-state index in [0.717, 1.165) is 5.56 Å². The van der Waals surface area contributed by atoms with E-state index >= 15 is 0 Å². The van der Waals surface area contributed by atoms with E-state index in [9.17, 15) is 13.2 Å². The molecule has 0 aliphatic carbocycles. The number of hydrogen-bond acceptors (Lipinski definition) is 4. The van der Waals surface area contributed by atoms with Crippen molar-refractivity contribution < 1.29 is 17.6 Å². The van der Waals surface area contributed by atoms with Crippen molar-refractivity contribution >= 4 is 50.5 Å². The number of anilines is 2. The molecule has 0 radical (unpaired) electrons. The summed E-state index contributed by atoms with van der Waals surface area (Å²) in [6.07, 6.45) is 2.11. The quantitative estimate of drug-likeness (QED) is 0.612. The van der Waals surface area contributed by atoms with Crippen LogP contribution in [0.4, 0.5) is 11.4 Å². The van der Waals surface area contributed by atoms with Crippen LogP contribution in [0.25, 0.3) is 0 Å². The van der Waals surface area contributed by atoms with Gasteiger partial charge < -0.3 is 9.32 Å². The van der Waals surface area contributed by atoms with E-state index in [2.05, 4.69) is 4.72 Å². The van der Waals surface area contributed by atoms with Crippen LogP contribution >= 0.6 is 23.2 Å². The first kappa shape index (κ1) is 19.8. The average Bonchev–Trinajstić information content (AvgIpc) is 3.33. The van der Waals surface area contributed by atoms with Gasteiger partial charge >= 0.3 is 0 Å². The van der Waals surface area contributed by atoms with Gasteiger partial charge in [-0.25, -0.2) is 8.42 Å². The summed E-state index contributed by atoms with van der Waals surface area (Å²) in [6, 6.07) is 11.2. The lowest BCUT2D eigenvalue weighted by Crippen LogP contribution is -2.28. The van der Waals surface area contributed by atoms with E-state index < -0.39 is 10.0 Å². The largest absolute Gasteiger partial charge is 0.459 e. The van der Waals surface area contributed by atoms with Crippen molar-refractivity contribution in [1.29, 1.82) is 0 Å². The highest BCUT2D eigenvalue weighted by atomic mass is 35.5. The molecule has 29 heavy (non-hydrogen) atoms. The number of amides is 1. The van der Waals surface area contributed by atoms with Crippen LogP contribution in [0.1, 0.15) is 21.7 Å². The van der Waals surface area contributed by atoms with Crippen molar-refractivity contribution in [3.8, 4) is 0 Å². The molecule has 1 aliphatic heterocycles. The first-order chi connectivity index (χ1) is 13.8. The van der Waals surface area contributed by atoms with E-state index in [1.54, 1.807) is 42.2 Å². The fourth-order valence-electron chi connectivity index (χ4n) is 3.23. The maximum Gasteiger partial charge on any atom is 0.293 e. The summed E-state index contributed by atoms with van der Waals surface area (Å²) in [5, 5.41) is 0.419. The van der Waals surface area contributed by atoms with Crippen LogP contribution in [0.5, 0.6) is 0 Å². The summed E-state index contributed by atoms with van der Waals surface area (Å²) in [6.45, 7) is 2.19. The number of carbonyl (C=O) groups excluding carboxylic acids is 1. The van der Waals surface area contributed by atoms with Crippen LogP contribution in [0.3, 0.4) is 0 Å². The topological polar surface area (TPSA) is 79.6 Å². The fourth-order valence-corrected chi connectivity index (χ4v) is 5.12. The normalized spacial score (nSPS) is 13.4. The third-order valence-electron chi connectivity index (χ3n) is 4.71. The Hall–Kier alpha value is -2.48. The first-order valence-corrected chi connectivity index (χ1v) is 11.0. The Kier molecular flexibility index (Phi) is 5.06. The molecule has 1 aliphatic rings. The third-order valence-corrected chi connectivity index (χ3v) is 6.97. The van der Waals surface area contributed by atoms with Gasteiger partial charge in [0.1, 0.15) is 4.90 Å². The van der Waals surface area contributed by atoms with E-state index in [1.807, 2.05) is 0 Å². The van der Waals surface area contributed by atoms with Crippen LogP contribution < -0.4 is 9.62 Å². The molecule has 4 rings (SSSR count). The SMILES string of the molecule is Cc1cc(S(=O)(=O)Nc2ccc3c(c2)N(C(=O)c2ccco2)CC3)c(Cl)cc1Cl. The number of nitrogens with one attached hydrogen (secondary N) is 1. The second kappa shape index (κ2) is 7.40. The van der Waals surface area contributed by atoms with Gasteiger partial charge in [0.15, 0.2) is 5.76 Å². The highest BCUT2D eigenvalue weighted by molar-refractivity contribution is 7.92. The molecule has 0 saturated carbocycles. The number of furan rings is 1. The van der Waals surface area contributed by atoms with Crippen molar-refractivity contribution in [2.24, 2.45) is 0 Å². The molecular formula is C20H16Cl2N2O4S. The number of sulfonamides is 1. The van der Waals surface area contributed by atoms with Gasteiger partial charge in [0.05, 0.1) is 17.0 Å². The summed E-state index contributed by atoms with van der Waals surface area (Å²) in [4.78, 5) is 14.2. The fraction of sp³-hybridized carbons (Fsp3) is 0.150. The van der Waals surface area contributed by atoms with Gasteiger partial charge in [0, 0.05) is 17.3 Å². The van der Waals surface area contributed by atoms with E-state index in [-0.39, 0.29) is 21.6 Å². The number of carbonyl (C=O) groups is 1. The zero-order chi connectivity index (χ0) is 20.8. The van der Waals surface area contributed by atoms with E-state index in [1.165, 1.54) is 18.4 Å². The lowest BCUT2D eigenvalue weighted by Gasteiger charge is -2.17. The standard InChI is InChI=1S/C20H16Cl2N2O4S/c1-12-9-19(16(22)11-15(12)21)29(26,27)23-14-5-4-13-6-7-24(17(13)10-14)20(25)18-3-2-8-28-18/h2-5,8-11,23H,6-7H2,1H3. The molecule has 0 saturated heterocycles. The van der Waals surface area contributed by atoms with Crippen molar-refractivity contribution in [2.45, 2.75) is 18.2 Å². The third kappa shape index (κ3) is 3.73. The smallest absolute Gasteiger partial charge is 0.293 e. The molecule has 2 heterocycles. The van der Waals surface area contributed by atoms with Gasteiger partial charge in [-0.05, 0) is 60.9 Å². The lowest BCUT2D eigenvalue weighted by atomic mass is 10.1. The van der Waals surface area contributed by atoms with Gasteiger partial charge in [-0.2, -0.15) is 0 Å². The van der Waals surface area contributed by atoms with Crippen molar-refractivity contribution in [1.82, 2.24) is 0 Å². The summed E-state index contributed by atoms with van der Waals surface area (Å²) in [7, 11) is -3.94. The zero-order valence-corrected chi connectivity index (χ0v) is 17.6. The number of rotatable bonds is 4. The molecule has 150 valence electrons. The van der Waals surface area contributed by atoms with E-state index in [0.29, 0.717) is 34.9 Å². The minimum absolute atomic E-state index is 0.0314. The Morgan fingerprint density at radius 2 is 1.93 bits per heavy atom. The summed E-state index contributed by atoms with van der Waals surface area (Å²) in [5.41, 5.74) is 2.52. The summed E-state index contributed by atoms with van der Waals surface area (Å²) >= 11 is 12.1. The highest BCUT2D eigenvalue weighted by Crippen LogP contribution is 2.34. The first-order valence-electron chi connectivity index (χ1n) is 8.73. The van der Waals surface area contributed by atoms with Gasteiger partial charge in [0.2, 0.25) is 0 Å². The predicted molar refractivity (Wildman–Crippen MR) is 113 cm³/mol. The maximum absolute atomic E-state index is 12.9. The van der Waals surface area contributed by atoms with Gasteiger partial charge in [-0.15, -0.1) is 0 Å². The maximum atomic E-state index is 12.9. The molecule has 0 atom stereocenters. The molecule has 3 aromatic rings. The number of hydrogen-bond donors (Lipinski definition) is 1. The van der Waals surface area contributed by atoms with Crippen LogP contribution in [0, 0.1) is 6.92 Å². The number of halogens is 2. The molecular weight excluding hydrogens is 435 g/mol. The lowest BCUT2D eigenvalue weighted by molar-refractivity contribution is 0.0963. The number of nitrogens with zero attached hydrogens (tertiary/aromatic N) is 1. The van der Waals surface area contributed by atoms with E-state index in [4.69, 9.17) is 27.6 Å². The second-order valence-electron chi connectivity index (χ2n) is 6.66. The summed E-state index contributed by atoms with van der Waals surface area (Å²) < 4.78 is 33.4. The molecule has 9 heteroatoms. The predicted octanol–water partition coefficient (Wildman–Crippen LogP) is 4.90. The Morgan fingerprint density at radius 3 is 2.66 bits per heavy atom. The van der Waals surface area contributed by atoms with Crippen molar-refractivity contribution in [3.05, 3.63) is 75.7 Å². The minimum atomic E-state index is -3.94. The molecule has 6 nitrogen and oxygen atoms in total. The molecule has 1 N–H and O–H groups in total. The van der Waals surface area contributed by atoms with Crippen LogP contribution in [0.2, 0.25) is 10.0 Å². The Labute approximate surface area is 178 Å². The summed E-state index contributed by atoms with van der Waals surface area (Å²) in [5.74, 6) is -0.0441. The molecule has 1 aromatic heterocycles. The number of benzene rings is 2. The Balaban J connectivity index is 1.65. The van der Waals surface area contributed by atoms with Crippen LogP contribution in [-0.4, -0.2) is 20.9 Å². The van der Waals surface area contributed by atoms with Crippen molar-refractivity contribution in [2.75, 3.05) is 16.2 Å². The molecule has 0 spiro atoms. The molecule has 0 unspecified atom stereocenters. The van der Waals surface area contributed by atoms with Crippen LogP contribution in [0.15, 0.2) is 58.0 Å². The minimum Gasteiger partial charge on any atom is -0.459 e. The van der Waals surface area contributed by atoms with Crippen LogP contribution in [-0.2, 0) is 16.4 Å². The average molecular weight is 451 g/mol. The Morgan fingerprint density at radius 1 is 1.14 bits per heavy atom. The van der Waals surface area contributed by atoms with Gasteiger partial charge in [-0.3, -0.25) is 9.52 Å². The molecule has 2 aromatic carbocycles. The second-order valence-corrected chi connectivity index (χ2v) is 9.13. The molecule has 0 bridgehead atoms. The Bertz CT molecular complexity index is 1210. The number of fused-ring (bicyclic) bond motifs is 1. The molecule has 0 fully saturated rings. The number of aryl methyl sites for hydroxylation is 1. The van der Waals surface area contributed by atoms with Gasteiger partial charge in [0.25, 0.3) is 15.9 Å². The monoisotopic (exact) mass is 450 g/mol. The highest BCUT2D eigenvalue weighted by Gasteiger charge is 2.28. The molecule has 1 amide bonds. The van der Waals surface area contributed by atoms with Crippen molar-refractivity contribution in [3.63, 3.8) is 0 Å².